The molecule has 1 aliphatic carbocycles. The standard InChI is InChI=1S/C21H28N2O4/c1-4-11-23-13(2)19(17-12-16(27-3)9-10-18(17)23)20(24)22-15-7-5-14(6-8-15)21(25)26/h9-10,12,14-15H,4-8,11H2,1-3H3,(H,22,24)(H,25,26). The molecule has 0 radical (unpaired) electrons. The number of rotatable bonds is 6. The zero-order valence-electron chi connectivity index (χ0n) is 16.2. The smallest absolute Gasteiger partial charge is 0.306 e. The quantitative estimate of drug-likeness (QED) is 0.809. The fraction of sp³-hybridized carbons (Fsp3) is 0.524. The van der Waals surface area contributed by atoms with Crippen LogP contribution in [0.2, 0.25) is 0 Å². The third-order valence-corrected chi connectivity index (χ3v) is 5.62. The van der Waals surface area contributed by atoms with E-state index >= 15 is 0 Å². The van der Waals surface area contributed by atoms with Gasteiger partial charge in [0.05, 0.1) is 18.6 Å². The first-order chi connectivity index (χ1) is 13.0. The number of hydrogen-bond acceptors (Lipinski definition) is 3. The van der Waals surface area contributed by atoms with Gasteiger partial charge in [0.25, 0.3) is 5.91 Å². The van der Waals surface area contributed by atoms with E-state index in [4.69, 9.17) is 9.84 Å². The Morgan fingerprint density at radius 1 is 1.26 bits per heavy atom. The van der Waals surface area contributed by atoms with Gasteiger partial charge in [0.2, 0.25) is 0 Å². The second-order valence-corrected chi connectivity index (χ2v) is 7.36. The Morgan fingerprint density at radius 2 is 1.96 bits per heavy atom. The minimum atomic E-state index is -0.731. The van der Waals surface area contributed by atoms with Crippen molar-refractivity contribution in [2.45, 2.75) is 58.5 Å². The number of nitrogens with zero attached hydrogens (tertiary/aromatic N) is 1. The van der Waals surface area contributed by atoms with Crippen LogP contribution in [0.4, 0.5) is 0 Å². The van der Waals surface area contributed by atoms with Crippen LogP contribution in [0.5, 0.6) is 5.75 Å². The zero-order chi connectivity index (χ0) is 19.6. The van der Waals surface area contributed by atoms with Crippen molar-refractivity contribution in [1.82, 2.24) is 9.88 Å². The summed E-state index contributed by atoms with van der Waals surface area (Å²) in [6.45, 7) is 4.96. The van der Waals surface area contributed by atoms with Gasteiger partial charge in [-0.2, -0.15) is 0 Å². The highest BCUT2D eigenvalue weighted by Gasteiger charge is 2.28. The highest BCUT2D eigenvalue weighted by atomic mass is 16.5. The summed E-state index contributed by atoms with van der Waals surface area (Å²) in [7, 11) is 1.62. The van der Waals surface area contributed by atoms with E-state index in [9.17, 15) is 9.59 Å². The summed E-state index contributed by atoms with van der Waals surface area (Å²) in [6, 6.07) is 5.88. The number of carboxylic acids is 1. The molecule has 0 atom stereocenters. The molecule has 0 spiro atoms. The number of carbonyl (C=O) groups is 2. The maximum Gasteiger partial charge on any atom is 0.306 e. The van der Waals surface area contributed by atoms with Gasteiger partial charge in [-0.15, -0.1) is 0 Å². The lowest BCUT2D eigenvalue weighted by Crippen LogP contribution is -2.39. The third-order valence-electron chi connectivity index (χ3n) is 5.62. The summed E-state index contributed by atoms with van der Waals surface area (Å²) in [5.74, 6) is -0.368. The SMILES string of the molecule is CCCn1c(C)c(C(=O)NC2CCC(C(=O)O)CC2)c2cc(OC)ccc21. The molecule has 1 fully saturated rings. The minimum absolute atomic E-state index is 0.0303. The summed E-state index contributed by atoms with van der Waals surface area (Å²) >= 11 is 0. The van der Waals surface area contributed by atoms with E-state index in [1.807, 2.05) is 25.1 Å². The van der Waals surface area contributed by atoms with Crippen LogP contribution < -0.4 is 10.1 Å². The highest BCUT2D eigenvalue weighted by molar-refractivity contribution is 6.09. The Bertz CT molecular complexity index is 847. The second kappa shape index (κ2) is 8.03. The summed E-state index contributed by atoms with van der Waals surface area (Å²) in [4.78, 5) is 24.2. The summed E-state index contributed by atoms with van der Waals surface area (Å²) in [5.41, 5.74) is 2.68. The van der Waals surface area contributed by atoms with Crippen LogP contribution in [-0.4, -0.2) is 34.7 Å². The van der Waals surface area contributed by atoms with Crippen molar-refractivity contribution < 1.29 is 19.4 Å². The number of ether oxygens (including phenoxy) is 1. The van der Waals surface area contributed by atoms with Gasteiger partial charge in [-0.1, -0.05) is 6.92 Å². The summed E-state index contributed by atoms with van der Waals surface area (Å²) < 4.78 is 7.54. The molecule has 0 aliphatic heterocycles. The van der Waals surface area contributed by atoms with Crippen LogP contribution >= 0.6 is 0 Å². The Labute approximate surface area is 159 Å². The molecule has 146 valence electrons. The number of amides is 1. The lowest BCUT2D eigenvalue weighted by molar-refractivity contribution is -0.142. The molecule has 1 saturated carbocycles. The molecule has 3 rings (SSSR count). The van der Waals surface area contributed by atoms with Crippen molar-refractivity contribution in [1.29, 1.82) is 0 Å². The van der Waals surface area contributed by atoms with Crippen molar-refractivity contribution in [2.75, 3.05) is 7.11 Å². The normalized spacial score (nSPS) is 19.8. The first-order valence-electron chi connectivity index (χ1n) is 9.66. The number of aromatic nitrogens is 1. The Kier molecular flexibility index (Phi) is 5.73. The van der Waals surface area contributed by atoms with Crippen molar-refractivity contribution in [2.24, 2.45) is 5.92 Å². The molecular formula is C21H28N2O4. The molecule has 1 aromatic heterocycles. The largest absolute Gasteiger partial charge is 0.497 e. The molecule has 6 heteroatoms. The lowest BCUT2D eigenvalue weighted by Gasteiger charge is -2.26. The number of methoxy groups -OCH3 is 1. The Hall–Kier alpha value is -2.50. The molecule has 2 aromatic rings. The van der Waals surface area contributed by atoms with Gasteiger partial charge in [-0.05, 0) is 57.2 Å². The van der Waals surface area contributed by atoms with Gasteiger partial charge in [-0.25, -0.2) is 0 Å². The van der Waals surface area contributed by atoms with Crippen molar-refractivity contribution in [3.8, 4) is 5.75 Å². The van der Waals surface area contributed by atoms with Gasteiger partial charge in [0, 0.05) is 29.2 Å². The number of benzene rings is 1. The van der Waals surface area contributed by atoms with E-state index in [0.29, 0.717) is 31.2 Å². The maximum absolute atomic E-state index is 13.1. The predicted molar refractivity (Wildman–Crippen MR) is 104 cm³/mol. The van der Waals surface area contributed by atoms with E-state index in [2.05, 4.69) is 16.8 Å². The second-order valence-electron chi connectivity index (χ2n) is 7.36. The molecule has 2 N–H and O–H groups in total. The number of nitrogens with one attached hydrogen (secondary N) is 1. The molecule has 27 heavy (non-hydrogen) atoms. The topological polar surface area (TPSA) is 80.6 Å². The average molecular weight is 372 g/mol. The van der Waals surface area contributed by atoms with Crippen LogP contribution in [0.3, 0.4) is 0 Å². The van der Waals surface area contributed by atoms with Crippen LogP contribution in [0.15, 0.2) is 18.2 Å². The number of aliphatic carboxylic acids is 1. The first kappa shape index (κ1) is 19.3. The zero-order valence-corrected chi connectivity index (χ0v) is 16.2. The maximum atomic E-state index is 13.1. The van der Waals surface area contributed by atoms with Crippen LogP contribution in [0.25, 0.3) is 10.9 Å². The van der Waals surface area contributed by atoms with Crippen molar-refractivity contribution >= 4 is 22.8 Å². The Balaban J connectivity index is 1.87. The third kappa shape index (κ3) is 3.80. The molecule has 0 unspecified atom stereocenters. The van der Waals surface area contributed by atoms with Crippen LogP contribution in [0, 0.1) is 12.8 Å². The molecule has 0 bridgehead atoms. The number of fused-ring (bicyclic) bond motifs is 1. The molecule has 0 saturated heterocycles. The van der Waals surface area contributed by atoms with Gasteiger partial charge in [-0.3, -0.25) is 9.59 Å². The molecule has 1 aliphatic rings. The van der Waals surface area contributed by atoms with Gasteiger partial charge < -0.3 is 19.7 Å². The van der Waals surface area contributed by atoms with E-state index in [1.165, 1.54) is 0 Å². The first-order valence-corrected chi connectivity index (χ1v) is 9.66. The summed E-state index contributed by atoms with van der Waals surface area (Å²) in [5, 5.41) is 13.2. The van der Waals surface area contributed by atoms with E-state index < -0.39 is 5.97 Å². The molecule has 6 nitrogen and oxygen atoms in total. The van der Waals surface area contributed by atoms with E-state index in [0.717, 1.165) is 35.3 Å². The Morgan fingerprint density at radius 3 is 2.56 bits per heavy atom. The number of hydrogen-bond donors (Lipinski definition) is 2. The summed E-state index contributed by atoms with van der Waals surface area (Å²) in [6.07, 6.45) is 3.63. The fourth-order valence-corrected chi connectivity index (χ4v) is 4.13. The van der Waals surface area contributed by atoms with E-state index in [-0.39, 0.29) is 17.9 Å². The van der Waals surface area contributed by atoms with Crippen molar-refractivity contribution in [3.63, 3.8) is 0 Å². The highest BCUT2D eigenvalue weighted by Crippen LogP contribution is 2.31. The molecule has 1 amide bonds. The fourth-order valence-electron chi connectivity index (χ4n) is 4.13. The molecule has 1 aromatic carbocycles. The van der Waals surface area contributed by atoms with Gasteiger partial charge in [0.15, 0.2) is 0 Å². The average Bonchev–Trinajstić information content (AvgIpc) is 2.93. The van der Waals surface area contributed by atoms with Crippen molar-refractivity contribution in [3.05, 3.63) is 29.5 Å². The number of carboxylic acid groups (broad SMARTS) is 1. The predicted octanol–water partition coefficient (Wildman–Crippen LogP) is 3.74. The minimum Gasteiger partial charge on any atom is -0.497 e. The lowest BCUT2D eigenvalue weighted by atomic mass is 9.86. The number of aryl methyl sites for hydroxylation is 1. The van der Waals surface area contributed by atoms with Crippen LogP contribution in [-0.2, 0) is 11.3 Å². The monoisotopic (exact) mass is 372 g/mol. The van der Waals surface area contributed by atoms with E-state index in [1.54, 1.807) is 7.11 Å². The van der Waals surface area contributed by atoms with Crippen LogP contribution in [0.1, 0.15) is 55.1 Å². The molecular weight excluding hydrogens is 344 g/mol. The van der Waals surface area contributed by atoms with Gasteiger partial charge in [0.1, 0.15) is 5.75 Å². The number of carbonyl (C=O) groups excluding carboxylic acids is 1. The molecule has 1 heterocycles. The van der Waals surface area contributed by atoms with Gasteiger partial charge >= 0.3 is 5.97 Å².